The number of aliphatic hydroxyl groups is 1. The Morgan fingerprint density at radius 2 is 2.00 bits per heavy atom. The number of ether oxygens (including phenoxy) is 1. The molecule has 0 aliphatic rings. The van der Waals surface area contributed by atoms with Crippen LogP contribution in [0.2, 0.25) is 0 Å². The van der Waals surface area contributed by atoms with E-state index in [0.717, 1.165) is 22.8 Å². The van der Waals surface area contributed by atoms with Crippen LogP contribution in [0.3, 0.4) is 0 Å². The first-order chi connectivity index (χ1) is 14.9. The van der Waals surface area contributed by atoms with Gasteiger partial charge in [-0.05, 0) is 48.4 Å². The maximum absolute atomic E-state index is 13.4. The highest BCUT2D eigenvalue weighted by atomic mass is 32.1. The van der Waals surface area contributed by atoms with E-state index in [1.54, 1.807) is 24.3 Å². The second-order valence-corrected chi connectivity index (χ2v) is 7.66. The standard InChI is InChI=1S/C22H19F3N2O3S/c1-13-26-16(12-31-13)11-30-17-4-2-3-14(7-17)5-6-21(29)27-20(10-28)15-8-18(23)22(25)19(24)9-15/h2-9,12,20,28H,10-11H2,1H3,(H,27,29)/b6-5+. The van der Waals surface area contributed by atoms with Crippen molar-refractivity contribution >= 4 is 23.3 Å². The van der Waals surface area contributed by atoms with Gasteiger partial charge in [-0.2, -0.15) is 0 Å². The molecule has 1 aromatic heterocycles. The van der Waals surface area contributed by atoms with Crippen molar-refractivity contribution in [3.05, 3.63) is 87.1 Å². The average Bonchev–Trinajstić information content (AvgIpc) is 3.18. The number of nitrogens with zero attached hydrogens (tertiary/aromatic N) is 1. The van der Waals surface area contributed by atoms with Gasteiger partial charge in [0.1, 0.15) is 12.4 Å². The molecular formula is C22H19F3N2O3S. The number of aromatic nitrogens is 1. The van der Waals surface area contributed by atoms with Gasteiger partial charge in [0, 0.05) is 11.5 Å². The van der Waals surface area contributed by atoms with Gasteiger partial charge in [-0.1, -0.05) is 12.1 Å². The lowest BCUT2D eigenvalue weighted by Crippen LogP contribution is -2.29. The Kier molecular flexibility index (Phi) is 7.43. The molecule has 0 saturated carbocycles. The molecule has 2 aromatic carbocycles. The van der Waals surface area contributed by atoms with Crippen LogP contribution < -0.4 is 10.1 Å². The number of halogens is 3. The fraction of sp³-hybridized carbons (Fsp3) is 0.182. The Balaban J connectivity index is 1.62. The molecule has 1 amide bonds. The first kappa shape index (κ1) is 22.5. The molecule has 1 heterocycles. The van der Waals surface area contributed by atoms with Crippen LogP contribution in [0.5, 0.6) is 5.75 Å². The van der Waals surface area contributed by atoms with Crippen LogP contribution in [0.1, 0.15) is 27.9 Å². The van der Waals surface area contributed by atoms with Crippen LogP contribution in [-0.4, -0.2) is 22.6 Å². The number of amides is 1. The number of rotatable bonds is 8. The normalized spacial score (nSPS) is 12.2. The van der Waals surface area contributed by atoms with Crippen molar-refractivity contribution in [2.45, 2.75) is 19.6 Å². The lowest BCUT2D eigenvalue weighted by atomic mass is 10.1. The van der Waals surface area contributed by atoms with E-state index in [1.165, 1.54) is 23.5 Å². The highest BCUT2D eigenvalue weighted by Crippen LogP contribution is 2.20. The Bertz CT molecular complexity index is 1080. The molecule has 1 unspecified atom stereocenters. The van der Waals surface area contributed by atoms with Gasteiger partial charge >= 0.3 is 0 Å². The molecule has 0 fully saturated rings. The Morgan fingerprint density at radius 3 is 2.65 bits per heavy atom. The summed E-state index contributed by atoms with van der Waals surface area (Å²) in [6.45, 7) is 1.61. The van der Waals surface area contributed by atoms with Crippen LogP contribution in [0, 0.1) is 24.4 Å². The van der Waals surface area contributed by atoms with E-state index in [9.17, 15) is 23.1 Å². The van der Waals surface area contributed by atoms with E-state index < -0.39 is 36.0 Å². The third-order valence-electron chi connectivity index (χ3n) is 4.25. The topological polar surface area (TPSA) is 71.5 Å². The van der Waals surface area contributed by atoms with Crippen molar-refractivity contribution in [3.8, 4) is 5.75 Å². The van der Waals surface area contributed by atoms with Crippen molar-refractivity contribution in [2.24, 2.45) is 0 Å². The van der Waals surface area contributed by atoms with E-state index in [4.69, 9.17) is 4.74 Å². The first-order valence-corrected chi connectivity index (χ1v) is 10.1. The van der Waals surface area contributed by atoms with Crippen LogP contribution >= 0.6 is 11.3 Å². The van der Waals surface area contributed by atoms with Crippen LogP contribution in [0.15, 0.2) is 47.9 Å². The molecule has 0 bridgehead atoms. The molecule has 0 saturated heterocycles. The van der Waals surface area contributed by atoms with Crippen LogP contribution in [0.25, 0.3) is 6.08 Å². The molecule has 2 N–H and O–H groups in total. The zero-order chi connectivity index (χ0) is 22.4. The van der Waals surface area contributed by atoms with Crippen LogP contribution in [-0.2, 0) is 11.4 Å². The Hall–Kier alpha value is -3.17. The third-order valence-corrected chi connectivity index (χ3v) is 5.07. The second-order valence-electron chi connectivity index (χ2n) is 6.59. The summed E-state index contributed by atoms with van der Waals surface area (Å²) in [4.78, 5) is 16.5. The van der Waals surface area contributed by atoms with Crippen molar-refractivity contribution < 1.29 is 27.8 Å². The van der Waals surface area contributed by atoms with E-state index in [0.29, 0.717) is 17.9 Å². The quantitative estimate of drug-likeness (QED) is 0.398. The lowest BCUT2D eigenvalue weighted by molar-refractivity contribution is -0.117. The summed E-state index contributed by atoms with van der Waals surface area (Å²) >= 11 is 1.54. The monoisotopic (exact) mass is 448 g/mol. The summed E-state index contributed by atoms with van der Waals surface area (Å²) in [5.41, 5.74) is 1.42. The Morgan fingerprint density at radius 1 is 1.26 bits per heavy atom. The predicted molar refractivity (Wildman–Crippen MR) is 111 cm³/mol. The third kappa shape index (κ3) is 6.16. The molecular weight excluding hydrogens is 429 g/mol. The molecule has 3 aromatic rings. The number of hydrogen-bond acceptors (Lipinski definition) is 5. The van der Waals surface area contributed by atoms with Gasteiger partial charge < -0.3 is 15.2 Å². The molecule has 162 valence electrons. The van der Waals surface area contributed by atoms with E-state index >= 15 is 0 Å². The largest absolute Gasteiger partial charge is 0.487 e. The minimum Gasteiger partial charge on any atom is -0.487 e. The zero-order valence-electron chi connectivity index (χ0n) is 16.4. The van der Waals surface area contributed by atoms with Gasteiger partial charge in [-0.15, -0.1) is 11.3 Å². The first-order valence-electron chi connectivity index (χ1n) is 9.23. The predicted octanol–water partition coefficient (Wildman–Crippen LogP) is 4.31. The molecule has 0 radical (unpaired) electrons. The minimum atomic E-state index is -1.61. The number of carbonyl (C=O) groups excluding carboxylic acids is 1. The molecule has 31 heavy (non-hydrogen) atoms. The molecule has 0 spiro atoms. The van der Waals surface area contributed by atoms with Crippen molar-refractivity contribution in [1.82, 2.24) is 10.3 Å². The number of benzene rings is 2. The summed E-state index contributed by atoms with van der Waals surface area (Å²) < 4.78 is 45.6. The summed E-state index contributed by atoms with van der Waals surface area (Å²) in [6.07, 6.45) is 2.73. The van der Waals surface area contributed by atoms with Crippen molar-refractivity contribution in [2.75, 3.05) is 6.61 Å². The number of nitrogens with one attached hydrogen (secondary N) is 1. The zero-order valence-corrected chi connectivity index (χ0v) is 17.3. The number of carbonyl (C=O) groups is 1. The molecule has 3 rings (SSSR count). The molecule has 0 aliphatic carbocycles. The lowest BCUT2D eigenvalue weighted by Gasteiger charge is -2.16. The van der Waals surface area contributed by atoms with Crippen LogP contribution in [0.4, 0.5) is 13.2 Å². The highest BCUT2D eigenvalue weighted by molar-refractivity contribution is 7.09. The summed E-state index contributed by atoms with van der Waals surface area (Å²) in [6, 6.07) is 7.39. The molecule has 9 heteroatoms. The fourth-order valence-corrected chi connectivity index (χ4v) is 3.34. The van der Waals surface area contributed by atoms with E-state index in [2.05, 4.69) is 10.3 Å². The van der Waals surface area contributed by atoms with E-state index in [1.807, 2.05) is 12.3 Å². The maximum Gasteiger partial charge on any atom is 0.244 e. The second kappa shape index (κ2) is 10.2. The number of aryl methyl sites for hydroxylation is 1. The van der Waals surface area contributed by atoms with Gasteiger partial charge in [-0.3, -0.25) is 4.79 Å². The van der Waals surface area contributed by atoms with Crippen molar-refractivity contribution in [3.63, 3.8) is 0 Å². The summed E-state index contributed by atoms with van der Waals surface area (Å²) in [7, 11) is 0. The van der Waals surface area contributed by atoms with Gasteiger partial charge in [0.05, 0.1) is 23.4 Å². The minimum absolute atomic E-state index is 0.0895. The SMILES string of the molecule is Cc1nc(COc2cccc(/C=C/C(=O)NC(CO)c3cc(F)c(F)c(F)c3)c2)cs1. The smallest absolute Gasteiger partial charge is 0.244 e. The van der Waals surface area contributed by atoms with Gasteiger partial charge in [0.2, 0.25) is 5.91 Å². The van der Waals surface area contributed by atoms with Gasteiger partial charge in [0.25, 0.3) is 0 Å². The molecule has 0 aliphatic heterocycles. The van der Waals surface area contributed by atoms with Gasteiger partial charge in [-0.25, -0.2) is 18.2 Å². The Labute approximate surface area is 180 Å². The summed E-state index contributed by atoms with van der Waals surface area (Å²) in [5, 5.41) is 14.7. The van der Waals surface area contributed by atoms with Crippen molar-refractivity contribution in [1.29, 1.82) is 0 Å². The fourth-order valence-electron chi connectivity index (χ4n) is 2.74. The number of aliphatic hydroxyl groups excluding tert-OH is 1. The average molecular weight is 448 g/mol. The number of thiazole rings is 1. The number of hydrogen-bond donors (Lipinski definition) is 2. The summed E-state index contributed by atoms with van der Waals surface area (Å²) in [5.74, 6) is -4.42. The highest BCUT2D eigenvalue weighted by Gasteiger charge is 2.18. The maximum atomic E-state index is 13.4. The van der Waals surface area contributed by atoms with E-state index in [-0.39, 0.29) is 5.56 Å². The molecule has 5 nitrogen and oxygen atoms in total. The molecule has 1 atom stereocenters. The van der Waals surface area contributed by atoms with Gasteiger partial charge in [0.15, 0.2) is 17.5 Å².